The number of rotatable bonds is 4. The SMILES string of the molecule is COC(=O)c1cc(NCc2cnn(C)c2C)ccc1N. The van der Waals surface area contributed by atoms with Gasteiger partial charge in [-0.1, -0.05) is 0 Å². The molecular formula is C14H18N4O2. The van der Waals surface area contributed by atoms with Gasteiger partial charge in [-0.05, 0) is 25.1 Å². The van der Waals surface area contributed by atoms with Gasteiger partial charge in [0.15, 0.2) is 0 Å². The summed E-state index contributed by atoms with van der Waals surface area (Å²) in [6, 6.07) is 5.20. The van der Waals surface area contributed by atoms with Gasteiger partial charge in [0.25, 0.3) is 0 Å². The summed E-state index contributed by atoms with van der Waals surface area (Å²) in [6.07, 6.45) is 1.82. The van der Waals surface area contributed by atoms with Crippen molar-refractivity contribution in [3.8, 4) is 0 Å². The second kappa shape index (κ2) is 5.64. The molecule has 1 aromatic carbocycles. The van der Waals surface area contributed by atoms with Crippen LogP contribution < -0.4 is 11.1 Å². The third-order valence-electron chi connectivity index (χ3n) is 3.28. The predicted octanol–water partition coefficient (Wildman–Crippen LogP) is 1.71. The van der Waals surface area contributed by atoms with Crippen molar-refractivity contribution in [1.82, 2.24) is 9.78 Å². The van der Waals surface area contributed by atoms with E-state index in [9.17, 15) is 4.79 Å². The number of nitrogen functional groups attached to an aromatic ring is 1. The Kier molecular flexibility index (Phi) is 3.93. The lowest BCUT2D eigenvalue weighted by Crippen LogP contribution is -2.07. The van der Waals surface area contributed by atoms with Crippen molar-refractivity contribution in [2.45, 2.75) is 13.5 Å². The van der Waals surface area contributed by atoms with Crippen LogP contribution in [0.25, 0.3) is 0 Å². The molecule has 0 aliphatic carbocycles. The fourth-order valence-corrected chi connectivity index (χ4v) is 1.87. The lowest BCUT2D eigenvalue weighted by molar-refractivity contribution is 0.0602. The third-order valence-corrected chi connectivity index (χ3v) is 3.28. The van der Waals surface area contributed by atoms with Crippen LogP contribution in [0.1, 0.15) is 21.6 Å². The van der Waals surface area contributed by atoms with Gasteiger partial charge in [0.05, 0.1) is 18.9 Å². The van der Waals surface area contributed by atoms with Gasteiger partial charge >= 0.3 is 5.97 Å². The highest BCUT2D eigenvalue weighted by Gasteiger charge is 2.11. The number of carbonyl (C=O) groups is 1. The van der Waals surface area contributed by atoms with Gasteiger partial charge in [0.2, 0.25) is 0 Å². The van der Waals surface area contributed by atoms with Crippen LogP contribution >= 0.6 is 0 Å². The molecule has 20 heavy (non-hydrogen) atoms. The number of carbonyl (C=O) groups excluding carboxylic acids is 1. The van der Waals surface area contributed by atoms with E-state index < -0.39 is 5.97 Å². The first-order chi connectivity index (χ1) is 9.52. The number of aromatic nitrogens is 2. The first kappa shape index (κ1) is 13.9. The molecule has 0 unspecified atom stereocenters. The lowest BCUT2D eigenvalue weighted by atomic mass is 10.1. The van der Waals surface area contributed by atoms with Crippen molar-refractivity contribution < 1.29 is 9.53 Å². The van der Waals surface area contributed by atoms with Gasteiger partial charge in [-0.15, -0.1) is 0 Å². The maximum absolute atomic E-state index is 11.6. The Labute approximate surface area is 117 Å². The van der Waals surface area contributed by atoms with Crippen molar-refractivity contribution in [1.29, 1.82) is 0 Å². The fourth-order valence-electron chi connectivity index (χ4n) is 1.87. The average molecular weight is 274 g/mol. The van der Waals surface area contributed by atoms with E-state index in [-0.39, 0.29) is 0 Å². The van der Waals surface area contributed by atoms with Gasteiger partial charge in [-0.3, -0.25) is 4.68 Å². The first-order valence-corrected chi connectivity index (χ1v) is 6.22. The highest BCUT2D eigenvalue weighted by atomic mass is 16.5. The van der Waals surface area contributed by atoms with Crippen LogP contribution in [0.3, 0.4) is 0 Å². The fraction of sp³-hybridized carbons (Fsp3) is 0.286. The Balaban J connectivity index is 2.14. The van der Waals surface area contributed by atoms with Crippen LogP contribution in [0.15, 0.2) is 24.4 Å². The topological polar surface area (TPSA) is 82.2 Å². The van der Waals surface area contributed by atoms with Crippen LogP contribution in [-0.4, -0.2) is 22.9 Å². The first-order valence-electron chi connectivity index (χ1n) is 6.22. The summed E-state index contributed by atoms with van der Waals surface area (Å²) in [6.45, 7) is 2.64. The van der Waals surface area contributed by atoms with Crippen LogP contribution in [0.2, 0.25) is 0 Å². The molecule has 0 aliphatic heterocycles. The monoisotopic (exact) mass is 274 g/mol. The van der Waals surface area contributed by atoms with E-state index in [2.05, 4.69) is 10.4 Å². The number of esters is 1. The van der Waals surface area contributed by atoms with E-state index in [1.165, 1.54) is 7.11 Å². The van der Waals surface area contributed by atoms with Crippen molar-refractivity contribution in [2.75, 3.05) is 18.2 Å². The molecule has 2 aromatic rings. The van der Waals surface area contributed by atoms with Crippen molar-refractivity contribution in [3.63, 3.8) is 0 Å². The van der Waals surface area contributed by atoms with Gasteiger partial charge < -0.3 is 15.8 Å². The molecule has 0 aliphatic rings. The summed E-state index contributed by atoms with van der Waals surface area (Å²) in [5.74, 6) is -0.441. The third kappa shape index (κ3) is 2.74. The summed E-state index contributed by atoms with van der Waals surface area (Å²) < 4.78 is 6.52. The van der Waals surface area contributed by atoms with Crippen LogP contribution in [-0.2, 0) is 18.3 Å². The highest BCUT2D eigenvalue weighted by molar-refractivity contribution is 5.96. The van der Waals surface area contributed by atoms with E-state index in [4.69, 9.17) is 10.5 Å². The van der Waals surface area contributed by atoms with Crippen molar-refractivity contribution >= 4 is 17.3 Å². The predicted molar refractivity (Wildman–Crippen MR) is 77.5 cm³/mol. The number of nitrogens with zero attached hydrogens (tertiary/aromatic N) is 2. The Bertz CT molecular complexity index is 634. The Hall–Kier alpha value is -2.50. The van der Waals surface area contributed by atoms with Gasteiger partial charge in [0, 0.05) is 36.2 Å². The number of aryl methyl sites for hydroxylation is 1. The van der Waals surface area contributed by atoms with Gasteiger partial charge in [-0.2, -0.15) is 5.10 Å². The lowest BCUT2D eigenvalue weighted by Gasteiger charge is -2.09. The standard InChI is InChI=1S/C14H18N4O2/c1-9-10(8-17-18(9)2)7-16-11-4-5-13(15)12(6-11)14(19)20-3/h4-6,8,16H,7,15H2,1-3H3. The molecule has 0 amide bonds. The van der Waals surface area contributed by atoms with E-state index in [0.717, 1.165) is 16.9 Å². The van der Waals surface area contributed by atoms with E-state index in [1.807, 2.05) is 30.9 Å². The number of nitrogens with two attached hydrogens (primary N) is 1. The minimum Gasteiger partial charge on any atom is -0.465 e. The number of hydrogen-bond acceptors (Lipinski definition) is 5. The maximum atomic E-state index is 11.6. The second-order valence-corrected chi connectivity index (χ2v) is 4.53. The van der Waals surface area contributed by atoms with Gasteiger partial charge in [0.1, 0.15) is 0 Å². The molecule has 6 nitrogen and oxygen atoms in total. The minimum atomic E-state index is -0.441. The molecule has 0 saturated heterocycles. The van der Waals surface area contributed by atoms with Crippen molar-refractivity contribution in [3.05, 3.63) is 41.2 Å². The molecule has 1 aromatic heterocycles. The Morgan fingerprint density at radius 2 is 2.25 bits per heavy atom. The number of methoxy groups -OCH3 is 1. The summed E-state index contributed by atoms with van der Waals surface area (Å²) in [4.78, 5) is 11.6. The molecule has 0 atom stereocenters. The number of benzene rings is 1. The van der Waals surface area contributed by atoms with Crippen LogP contribution in [0.4, 0.5) is 11.4 Å². The molecule has 1 heterocycles. The zero-order valence-corrected chi connectivity index (χ0v) is 11.8. The molecular weight excluding hydrogens is 256 g/mol. The average Bonchev–Trinajstić information content (AvgIpc) is 2.77. The van der Waals surface area contributed by atoms with Gasteiger partial charge in [-0.25, -0.2) is 4.79 Å². The summed E-state index contributed by atoms with van der Waals surface area (Å²) in [5, 5.41) is 7.43. The second-order valence-electron chi connectivity index (χ2n) is 4.53. The molecule has 0 bridgehead atoms. The van der Waals surface area contributed by atoms with E-state index in [0.29, 0.717) is 17.8 Å². The van der Waals surface area contributed by atoms with E-state index in [1.54, 1.807) is 12.1 Å². The molecule has 0 fully saturated rings. The maximum Gasteiger partial charge on any atom is 0.340 e. The molecule has 0 saturated carbocycles. The number of hydrogen-bond donors (Lipinski definition) is 2. The molecule has 0 radical (unpaired) electrons. The minimum absolute atomic E-state index is 0.361. The quantitative estimate of drug-likeness (QED) is 0.655. The molecule has 2 rings (SSSR count). The zero-order valence-electron chi connectivity index (χ0n) is 11.8. The van der Waals surface area contributed by atoms with E-state index >= 15 is 0 Å². The number of anilines is 2. The molecule has 3 N–H and O–H groups in total. The van der Waals surface area contributed by atoms with Crippen LogP contribution in [0, 0.1) is 6.92 Å². The highest BCUT2D eigenvalue weighted by Crippen LogP contribution is 2.19. The number of nitrogens with one attached hydrogen (secondary N) is 1. The summed E-state index contributed by atoms with van der Waals surface area (Å²) in [5.41, 5.74) is 9.53. The number of ether oxygens (including phenoxy) is 1. The molecule has 106 valence electrons. The summed E-state index contributed by atoms with van der Waals surface area (Å²) >= 11 is 0. The largest absolute Gasteiger partial charge is 0.465 e. The Morgan fingerprint density at radius 1 is 1.50 bits per heavy atom. The van der Waals surface area contributed by atoms with Crippen LogP contribution in [0.5, 0.6) is 0 Å². The Morgan fingerprint density at radius 3 is 2.85 bits per heavy atom. The van der Waals surface area contributed by atoms with Crippen molar-refractivity contribution in [2.24, 2.45) is 7.05 Å². The normalized spacial score (nSPS) is 10.3. The zero-order chi connectivity index (χ0) is 14.7. The molecule has 0 spiro atoms. The molecule has 6 heteroatoms. The smallest absolute Gasteiger partial charge is 0.340 e. The summed E-state index contributed by atoms with van der Waals surface area (Å²) in [7, 11) is 3.23.